The Balaban J connectivity index is 1.91. The average molecular weight is 369 g/mol. The molecular formula is C23H17N3O2+2. The first-order chi connectivity index (χ1) is 14.1. The summed E-state index contributed by atoms with van der Waals surface area (Å²) in [7, 11) is 0. The summed E-state index contributed by atoms with van der Waals surface area (Å²) in [5, 5.41) is 11.2. The van der Waals surface area contributed by atoms with Gasteiger partial charge in [-0.3, -0.25) is 10.1 Å². The van der Waals surface area contributed by atoms with Crippen molar-refractivity contribution in [1.82, 2.24) is 0 Å². The zero-order chi connectivity index (χ0) is 20.0. The number of fused-ring (bicyclic) bond motifs is 3. The molecule has 1 aliphatic heterocycles. The predicted octanol–water partition coefficient (Wildman–Crippen LogP) is 3.45. The molecule has 0 fully saturated rings. The number of nitro groups is 1. The molecule has 5 heteroatoms. The molecule has 1 aliphatic rings. The highest BCUT2D eigenvalue weighted by atomic mass is 16.6. The zero-order valence-electron chi connectivity index (χ0n) is 15.9. The van der Waals surface area contributed by atoms with Gasteiger partial charge in [-0.15, -0.1) is 9.13 Å². The molecule has 1 unspecified atom stereocenters. The van der Waals surface area contributed by atoms with Gasteiger partial charge >= 0.3 is 5.66 Å². The van der Waals surface area contributed by atoms with Gasteiger partial charge in [0.25, 0.3) is 5.69 Å². The molecule has 28 heavy (non-hydrogen) atoms. The molecular weight excluding hydrogens is 350 g/mol. The molecule has 0 saturated carbocycles. The van der Waals surface area contributed by atoms with Crippen molar-refractivity contribution in [2.45, 2.75) is 5.66 Å². The molecule has 1 atom stereocenters. The van der Waals surface area contributed by atoms with Crippen molar-refractivity contribution in [3.63, 3.8) is 0 Å². The van der Waals surface area contributed by atoms with Gasteiger partial charge in [-0.2, -0.15) is 0 Å². The van der Waals surface area contributed by atoms with E-state index in [-0.39, 0.29) is 10.6 Å². The summed E-state index contributed by atoms with van der Waals surface area (Å²) in [6.07, 6.45) is 6.00. The van der Waals surface area contributed by atoms with Crippen LogP contribution in [0.25, 0.3) is 11.3 Å². The number of hydrogen-bond donors (Lipinski definition) is 0. The maximum absolute atomic E-state index is 11.2. The van der Waals surface area contributed by atoms with Gasteiger partial charge in [0.15, 0.2) is 18.6 Å². The third-order valence-corrected chi connectivity index (χ3v) is 5.29. The van der Waals surface area contributed by atoms with Gasteiger partial charge in [0.1, 0.15) is 11.1 Å². The quantitative estimate of drug-likeness (QED) is 0.278. The van der Waals surface area contributed by atoms with Crippen LogP contribution in [0.15, 0.2) is 103 Å². The molecule has 4 aromatic rings. The van der Waals surface area contributed by atoms with Crippen LogP contribution in [0.5, 0.6) is 0 Å². The standard InChI is InChI=1S/C23H17N3O2/c27-26(28)19-13-11-18(12-14-19)23(24-15-5-1-6-16-24)21-9-3-2-8-20(21)22-10-4-7-17-25(22)23/h1-17H/q+2/i2T. The van der Waals surface area contributed by atoms with Gasteiger partial charge in [0, 0.05) is 36.4 Å². The van der Waals surface area contributed by atoms with Crippen molar-refractivity contribution in [3.8, 4) is 11.3 Å². The molecule has 5 rings (SSSR count). The first kappa shape index (κ1) is 15.2. The smallest absolute Gasteiger partial charge is 0.258 e. The van der Waals surface area contributed by atoms with E-state index in [2.05, 4.69) is 9.13 Å². The molecule has 0 aliphatic carbocycles. The molecule has 2 aromatic carbocycles. The van der Waals surface area contributed by atoms with Crippen LogP contribution in [-0.2, 0) is 5.66 Å². The number of rotatable bonds is 3. The Kier molecular flexibility index (Phi) is 3.31. The number of hydrogen-bond acceptors (Lipinski definition) is 2. The fourth-order valence-electron chi connectivity index (χ4n) is 4.16. The second kappa shape index (κ2) is 6.09. The van der Waals surface area contributed by atoms with Crippen molar-refractivity contribution < 1.29 is 15.4 Å². The minimum atomic E-state index is -0.754. The Morgan fingerprint density at radius 3 is 2.36 bits per heavy atom. The molecule has 0 bridgehead atoms. The monoisotopic (exact) mass is 369 g/mol. The Morgan fingerprint density at radius 2 is 1.61 bits per heavy atom. The van der Waals surface area contributed by atoms with Gasteiger partial charge in [-0.25, -0.2) is 0 Å². The van der Waals surface area contributed by atoms with Crippen LogP contribution in [0.2, 0.25) is 0 Å². The normalized spacial score (nSPS) is 17.5. The summed E-state index contributed by atoms with van der Waals surface area (Å²) >= 11 is 0. The highest BCUT2D eigenvalue weighted by molar-refractivity contribution is 5.66. The average Bonchev–Trinajstić information content (AvgIpc) is 3.05. The van der Waals surface area contributed by atoms with Crippen molar-refractivity contribution in [2.24, 2.45) is 0 Å². The lowest BCUT2D eigenvalue weighted by Crippen LogP contribution is -2.72. The Bertz CT molecular complexity index is 1240. The highest BCUT2D eigenvalue weighted by Gasteiger charge is 2.60. The first-order valence-corrected chi connectivity index (χ1v) is 8.97. The maximum Gasteiger partial charge on any atom is 0.416 e. The number of pyridine rings is 2. The number of nitrogens with zero attached hydrogens (tertiary/aromatic N) is 3. The second-order valence-electron chi connectivity index (χ2n) is 6.69. The fourth-order valence-corrected chi connectivity index (χ4v) is 4.16. The SMILES string of the molecule is [3H]c1ccc2c(c1)-c1cccc[n+]1C2(c1ccc([N+](=O)[O-])cc1)[n+]1ccccc1. The fraction of sp³-hybridized carbons (Fsp3) is 0.0435. The van der Waals surface area contributed by atoms with Gasteiger partial charge in [0.05, 0.1) is 11.9 Å². The highest BCUT2D eigenvalue weighted by Crippen LogP contribution is 2.39. The number of non-ortho nitro benzene ring substituents is 1. The summed E-state index contributed by atoms with van der Waals surface area (Å²) in [6.45, 7) is 0. The van der Waals surface area contributed by atoms with Crippen LogP contribution in [0, 0.1) is 10.1 Å². The number of nitro benzene ring substituents is 1. The number of benzene rings is 2. The Morgan fingerprint density at radius 1 is 0.857 bits per heavy atom. The number of aromatic nitrogens is 2. The Hall–Kier alpha value is -3.86. The summed E-state index contributed by atoms with van der Waals surface area (Å²) < 4.78 is 12.4. The summed E-state index contributed by atoms with van der Waals surface area (Å²) in [5.74, 6) is 0. The minimum absolute atomic E-state index is 0.0555. The Labute approximate surface area is 163 Å². The van der Waals surface area contributed by atoms with E-state index in [1.165, 1.54) is 0 Å². The van der Waals surface area contributed by atoms with E-state index < -0.39 is 5.66 Å². The van der Waals surface area contributed by atoms with E-state index in [4.69, 9.17) is 1.37 Å². The summed E-state index contributed by atoms with van der Waals surface area (Å²) in [6, 6.07) is 24.7. The summed E-state index contributed by atoms with van der Waals surface area (Å²) in [4.78, 5) is 10.8. The van der Waals surface area contributed by atoms with Crippen LogP contribution in [0.4, 0.5) is 5.69 Å². The van der Waals surface area contributed by atoms with Crippen LogP contribution in [0.3, 0.4) is 0 Å². The van der Waals surface area contributed by atoms with Crippen molar-refractivity contribution in [2.75, 3.05) is 0 Å². The first-order valence-electron chi connectivity index (χ1n) is 9.47. The lowest BCUT2D eigenvalue weighted by molar-refractivity contribution is -0.963. The molecule has 0 radical (unpaired) electrons. The van der Waals surface area contributed by atoms with Crippen molar-refractivity contribution in [1.29, 1.82) is 0 Å². The van der Waals surface area contributed by atoms with Crippen LogP contribution >= 0.6 is 0 Å². The van der Waals surface area contributed by atoms with E-state index in [9.17, 15) is 10.1 Å². The molecule has 0 amide bonds. The lowest BCUT2D eigenvalue weighted by Gasteiger charge is -2.20. The molecule has 0 saturated heterocycles. The predicted molar refractivity (Wildman–Crippen MR) is 103 cm³/mol. The molecule has 3 heterocycles. The minimum Gasteiger partial charge on any atom is -0.258 e. The van der Waals surface area contributed by atoms with E-state index in [0.29, 0.717) is 6.04 Å². The topological polar surface area (TPSA) is 50.9 Å². The molecule has 2 aromatic heterocycles. The zero-order valence-corrected chi connectivity index (χ0v) is 14.9. The van der Waals surface area contributed by atoms with Gasteiger partial charge < -0.3 is 0 Å². The van der Waals surface area contributed by atoms with Gasteiger partial charge in [-0.05, 0) is 30.3 Å². The third kappa shape index (κ3) is 2.13. The second-order valence-corrected chi connectivity index (χ2v) is 6.69. The summed E-state index contributed by atoms with van der Waals surface area (Å²) in [5.41, 5.74) is 3.19. The van der Waals surface area contributed by atoms with Crippen molar-refractivity contribution >= 4 is 5.69 Å². The van der Waals surface area contributed by atoms with Crippen LogP contribution in [0.1, 0.15) is 12.5 Å². The van der Waals surface area contributed by atoms with Gasteiger partial charge in [-0.1, -0.05) is 18.2 Å². The molecule has 0 spiro atoms. The van der Waals surface area contributed by atoms with Crippen LogP contribution in [-0.4, -0.2) is 4.92 Å². The molecule has 134 valence electrons. The molecule has 5 nitrogen and oxygen atoms in total. The van der Waals surface area contributed by atoms with E-state index >= 15 is 0 Å². The van der Waals surface area contributed by atoms with Crippen LogP contribution < -0.4 is 9.13 Å². The van der Waals surface area contributed by atoms with Gasteiger partial charge in [0.2, 0.25) is 5.69 Å². The maximum atomic E-state index is 11.2. The van der Waals surface area contributed by atoms with E-state index in [0.717, 1.165) is 22.4 Å². The van der Waals surface area contributed by atoms with E-state index in [1.807, 2.05) is 79.3 Å². The lowest BCUT2D eigenvalue weighted by atomic mass is 9.89. The molecule has 0 N–H and O–H groups in total. The largest absolute Gasteiger partial charge is 0.416 e. The van der Waals surface area contributed by atoms with Crippen molar-refractivity contribution in [3.05, 3.63) is 125 Å². The third-order valence-electron chi connectivity index (χ3n) is 5.29. The van der Waals surface area contributed by atoms with E-state index in [1.54, 1.807) is 18.2 Å².